The highest BCUT2D eigenvalue weighted by atomic mass is 16.5. The van der Waals surface area contributed by atoms with Gasteiger partial charge >= 0.3 is 0 Å². The molecule has 1 unspecified atom stereocenters. The van der Waals surface area contributed by atoms with Crippen LogP contribution in [-0.2, 0) is 9.53 Å². The Morgan fingerprint density at radius 1 is 1.33 bits per heavy atom. The Morgan fingerprint density at radius 2 is 1.94 bits per heavy atom. The third kappa shape index (κ3) is 4.53. The first-order valence-electron chi connectivity index (χ1n) is 6.54. The maximum atomic E-state index is 11.7. The molecule has 1 aliphatic rings. The summed E-state index contributed by atoms with van der Waals surface area (Å²) in [5.41, 5.74) is 2.22. The van der Waals surface area contributed by atoms with Gasteiger partial charge in [-0.05, 0) is 5.92 Å². The Balaban J connectivity index is 2.45. The van der Waals surface area contributed by atoms with E-state index in [-0.39, 0.29) is 11.9 Å². The number of carbonyl (C=O) groups excluding carboxylic acids is 1. The van der Waals surface area contributed by atoms with Crippen LogP contribution >= 0.6 is 0 Å². The molecule has 106 valence electrons. The summed E-state index contributed by atoms with van der Waals surface area (Å²) in [7, 11) is 1.60. The Hall–Kier alpha value is -0.690. The van der Waals surface area contributed by atoms with Crippen LogP contribution in [0.3, 0.4) is 0 Å². The average Bonchev–Trinajstić information content (AvgIpc) is 2.35. The number of nitrogens with one attached hydrogen (secondary N) is 1. The van der Waals surface area contributed by atoms with Crippen molar-refractivity contribution >= 4 is 5.91 Å². The molecule has 1 rings (SSSR count). The van der Waals surface area contributed by atoms with Crippen molar-refractivity contribution in [3.8, 4) is 0 Å². The smallest absolute Gasteiger partial charge is 0.253 e. The molecular formula is C12H26N4O2. The van der Waals surface area contributed by atoms with Gasteiger partial charge in [0.15, 0.2) is 0 Å². The number of hydrazine groups is 1. The van der Waals surface area contributed by atoms with Gasteiger partial charge in [-0.1, -0.05) is 13.8 Å². The zero-order valence-electron chi connectivity index (χ0n) is 11.7. The molecule has 6 heteroatoms. The lowest BCUT2D eigenvalue weighted by Crippen LogP contribution is -2.57. The summed E-state index contributed by atoms with van der Waals surface area (Å²) in [6.07, 6.45) is 0. The van der Waals surface area contributed by atoms with E-state index in [2.05, 4.69) is 29.1 Å². The lowest BCUT2D eigenvalue weighted by molar-refractivity contribution is -0.129. The van der Waals surface area contributed by atoms with E-state index < -0.39 is 0 Å². The van der Waals surface area contributed by atoms with Crippen LogP contribution in [0.4, 0.5) is 0 Å². The van der Waals surface area contributed by atoms with E-state index in [1.165, 1.54) is 0 Å². The minimum absolute atomic E-state index is 0.172. The first kappa shape index (κ1) is 15.4. The number of hydrogen-bond donors (Lipinski definition) is 2. The highest BCUT2D eigenvalue weighted by Crippen LogP contribution is 2.09. The second-order valence-electron chi connectivity index (χ2n) is 5.21. The third-order valence-corrected chi connectivity index (χ3v) is 3.24. The standard InChI is InChI=1S/C12H26N4O2/c1-10(2)8-15-4-6-16(7-5-15)11(9-18-3)12(17)14-13/h10-11H,4-9,13H2,1-3H3,(H,14,17). The molecule has 0 bridgehead atoms. The maximum Gasteiger partial charge on any atom is 0.253 e. The van der Waals surface area contributed by atoms with Crippen LogP contribution in [0.1, 0.15) is 13.8 Å². The normalized spacial score (nSPS) is 20.1. The van der Waals surface area contributed by atoms with E-state index in [0.717, 1.165) is 32.7 Å². The number of methoxy groups -OCH3 is 1. The predicted molar refractivity (Wildman–Crippen MR) is 70.8 cm³/mol. The summed E-state index contributed by atoms with van der Waals surface area (Å²) < 4.78 is 5.10. The molecule has 1 aliphatic heterocycles. The molecule has 0 aromatic rings. The summed E-state index contributed by atoms with van der Waals surface area (Å²) in [6, 6.07) is -0.277. The fraction of sp³-hybridized carbons (Fsp3) is 0.917. The minimum Gasteiger partial charge on any atom is -0.383 e. The van der Waals surface area contributed by atoms with Crippen LogP contribution in [-0.4, -0.2) is 68.2 Å². The lowest BCUT2D eigenvalue weighted by Gasteiger charge is -2.38. The van der Waals surface area contributed by atoms with Gasteiger partial charge in [-0.15, -0.1) is 0 Å². The van der Waals surface area contributed by atoms with Crippen molar-refractivity contribution in [2.45, 2.75) is 19.9 Å². The van der Waals surface area contributed by atoms with Crippen molar-refractivity contribution < 1.29 is 9.53 Å². The number of hydrogen-bond acceptors (Lipinski definition) is 5. The van der Waals surface area contributed by atoms with Gasteiger partial charge in [0, 0.05) is 39.8 Å². The highest BCUT2D eigenvalue weighted by molar-refractivity contribution is 5.81. The van der Waals surface area contributed by atoms with Gasteiger partial charge in [0.25, 0.3) is 5.91 Å². The molecule has 0 spiro atoms. The molecule has 0 saturated carbocycles. The number of carbonyl (C=O) groups is 1. The van der Waals surface area contributed by atoms with Crippen molar-refractivity contribution in [3.05, 3.63) is 0 Å². The molecule has 1 fully saturated rings. The second-order valence-corrected chi connectivity index (χ2v) is 5.21. The number of nitrogens with zero attached hydrogens (tertiary/aromatic N) is 2. The fourth-order valence-electron chi connectivity index (χ4n) is 2.37. The predicted octanol–water partition coefficient (Wildman–Crippen LogP) is -0.735. The molecule has 3 N–H and O–H groups in total. The van der Waals surface area contributed by atoms with Crippen molar-refractivity contribution in [2.75, 3.05) is 46.4 Å². The summed E-state index contributed by atoms with van der Waals surface area (Å²) in [4.78, 5) is 16.3. The lowest BCUT2D eigenvalue weighted by atomic mass is 10.1. The second kappa shape index (κ2) is 7.68. The van der Waals surface area contributed by atoms with Crippen LogP contribution < -0.4 is 11.3 Å². The van der Waals surface area contributed by atoms with Crippen molar-refractivity contribution in [1.82, 2.24) is 15.2 Å². The Morgan fingerprint density at radius 3 is 2.39 bits per heavy atom. The number of piperazine rings is 1. The number of nitrogens with two attached hydrogens (primary N) is 1. The van der Waals surface area contributed by atoms with E-state index in [0.29, 0.717) is 12.5 Å². The summed E-state index contributed by atoms with van der Waals surface area (Å²) >= 11 is 0. The molecule has 0 aromatic heterocycles. The number of rotatable bonds is 6. The van der Waals surface area contributed by atoms with Crippen LogP contribution in [0.2, 0.25) is 0 Å². The summed E-state index contributed by atoms with van der Waals surface area (Å²) in [5, 5.41) is 0. The quantitative estimate of drug-likeness (QED) is 0.373. The molecule has 1 saturated heterocycles. The van der Waals surface area contributed by atoms with E-state index in [1.54, 1.807) is 7.11 Å². The van der Waals surface area contributed by atoms with Gasteiger partial charge in [0.2, 0.25) is 0 Å². The molecule has 1 heterocycles. The third-order valence-electron chi connectivity index (χ3n) is 3.24. The van der Waals surface area contributed by atoms with Gasteiger partial charge in [-0.25, -0.2) is 5.84 Å². The van der Waals surface area contributed by atoms with Crippen LogP contribution in [0.5, 0.6) is 0 Å². The molecule has 6 nitrogen and oxygen atoms in total. The number of ether oxygens (including phenoxy) is 1. The summed E-state index contributed by atoms with van der Waals surface area (Å²) in [5.74, 6) is 5.72. The zero-order chi connectivity index (χ0) is 13.5. The first-order chi connectivity index (χ1) is 8.58. The summed E-state index contributed by atoms with van der Waals surface area (Å²) in [6.45, 7) is 9.71. The molecule has 0 radical (unpaired) electrons. The van der Waals surface area contributed by atoms with Crippen LogP contribution in [0.15, 0.2) is 0 Å². The van der Waals surface area contributed by atoms with Gasteiger partial charge < -0.3 is 9.64 Å². The van der Waals surface area contributed by atoms with E-state index >= 15 is 0 Å². The van der Waals surface area contributed by atoms with Gasteiger partial charge in [0.05, 0.1) is 6.61 Å². The Labute approximate surface area is 109 Å². The fourth-order valence-corrected chi connectivity index (χ4v) is 2.37. The molecule has 1 atom stereocenters. The highest BCUT2D eigenvalue weighted by Gasteiger charge is 2.28. The number of amides is 1. The average molecular weight is 258 g/mol. The first-order valence-corrected chi connectivity index (χ1v) is 6.54. The Kier molecular flexibility index (Phi) is 6.56. The van der Waals surface area contributed by atoms with Crippen molar-refractivity contribution in [2.24, 2.45) is 11.8 Å². The van der Waals surface area contributed by atoms with E-state index in [9.17, 15) is 4.79 Å². The van der Waals surface area contributed by atoms with Crippen LogP contribution in [0, 0.1) is 5.92 Å². The maximum absolute atomic E-state index is 11.7. The Bertz CT molecular complexity index is 252. The SMILES string of the molecule is COCC(C(=O)NN)N1CCN(CC(C)C)CC1. The topological polar surface area (TPSA) is 70.8 Å². The zero-order valence-corrected chi connectivity index (χ0v) is 11.7. The van der Waals surface area contributed by atoms with Crippen molar-refractivity contribution in [3.63, 3.8) is 0 Å². The van der Waals surface area contributed by atoms with Gasteiger partial charge in [-0.3, -0.25) is 15.1 Å². The van der Waals surface area contributed by atoms with Gasteiger partial charge in [-0.2, -0.15) is 0 Å². The van der Waals surface area contributed by atoms with Crippen molar-refractivity contribution in [1.29, 1.82) is 0 Å². The van der Waals surface area contributed by atoms with Gasteiger partial charge in [0.1, 0.15) is 6.04 Å². The molecular weight excluding hydrogens is 232 g/mol. The molecule has 0 aromatic carbocycles. The monoisotopic (exact) mass is 258 g/mol. The largest absolute Gasteiger partial charge is 0.383 e. The molecule has 1 amide bonds. The van der Waals surface area contributed by atoms with E-state index in [4.69, 9.17) is 10.6 Å². The molecule has 18 heavy (non-hydrogen) atoms. The van der Waals surface area contributed by atoms with E-state index in [1.807, 2.05) is 0 Å². The molecule has 0 aliphatic carbocycles. The van der Waals surface area contributed by atoms with Crippen LogP contribution in [0.25, 0.3) is 0 Å². The minimum atomic E-state index is -0.277.